The molecule has 3 rings (SSSR count). The Balaban J connectivity index is 1.87. The Labute approximate surface area is 184 Å². The van der Waals surface area contributed by atoms with E-state index in [1.54, 1.807) is 54.5 Å². The largest absolute Gasteiger partial charge is 0.497 e. The fourth-order valence-corrected chi connectivity index (χ4v) is 4.60. The van der Waals surface area contributed by atoms with Crippen LogP contribution < -0.4 is 19.1 Å². The molecule has 1 N–H and O–H groups in total. The summed E-state index contributed by atoms with van der Waals surface area (Å²) >= 11 is 0. The van der Waals surface area contributed by atoms with Gasteiger partial charge in [-0.2, -0.15) is 0 Å². The number of anilines is 2. The van der Waals surface area contributed by atoms with Gasteiger partial charge in [-0.15, -0.1) is 0 Å². The number of hydrogen-bond donors (Lipinski definition) is 1. The Bertz CT molecular complexity index is 1050. The number of sulfonamides is 1. The van der Waals surface area contributed by atoms with Crippen LogP contribution in [0.4, 0.5) is 11.4 Å². The first-order valence-corrected chi connectivity index (χ1v) is 11.9. The summed E-state index contributed by atoms with van der Waals surface area (Å²) in [5, 5.41) is 0. The van der Waals surface area contributed by atoms with Crippen LogP contribution in [0.1, 0.15) is 33.3 Å². The summed E-state index contributed by atoms with van der Waals surface area (Å²) in [7, 11) is -2.10. The summed E-state index contributed by atoms with van der Waals surface area (Å²) in [6.45, 7) is 8.55. The SMILES string of the molecule is COc1ccc(CS(=O)(=O)Nc2ccc3c(c2)N(CC(C)C)C(=O)C(C)(C)CO3)cc1. The average molecular weight is 447 g/mol. The normalized spacial score (nSPS) is 15.8. The molecule has 1 aliphatic heterocycles. The van der Waals surface area contributed by atoms with Crippen LogP contribution in [-0.2, 0) is 20.6 Å². The van der Waals surface area contributed by atoms with Crippen LogP contribution in [0.3, 0.4) is 0 Å². The molecule has 0 saturated carbocycles. The van der Waals surface area contributed by atoms with Gasteiger partial charge in [0.15, 0.2) is 0 Å². The Morgan fingerprint density at radius 2 is 1.84 bits per heavy atom. The lowest BCUT2D eigenvalue weighted by molar-refractivity contribution is -0.127. The minimum Gasteiger partial charge on any atom is -0.497 e. The zero-order valence-electron chi connectivity index (χ0n) is 18.6. The molecule has 1 heterocycles. The van der Waals surface area contributed by atoms with Crippen molar-refractivity contribution >= 4 is 27.3 Å². The second kappa shape index (κ2) is 8.78. The molecule has 0 radical (unpaired) electrons. The van der Waals surface area contributed by atoms with E-state index >= 15 is 0 Å². The molecule has 2 aromatic rings. The smallest absolute Gasteiger partial charge is 0.236 e. The fourth-order valence-electron chi connectivity index (χ4n) is 3.41. The molecule has 7 nitrogen and oxygen atoms in total. The number of methoxy groups -OCH3 is 1. The Morgan fingerprint density at radius 1 is 1.16 bits per heavy atom. The summed E-state index contributed by atoms with van der Waals surface area (Å²) in [5.74, 6) is 1.25. The molecule has 1 aliphatic rings. The molecule has 31 heavy (non-hydrogen) atoms. The predicted molar refractivity (Wildman–Crippen MR) is 122 cm³/mol. The summed E-state index contributed by atoms with van der Waals surface area (Å²) in [6, 6.07) is 11.9. The molecule has 0 spiro atoms. The van der Waals surface area contributed by atoms with Crippen LogP contribution in [0.15, 0.2) is 42.5 Å². The molecule has 0 unspecified atom stereocenters. The minimum atomic E-state index is -3.65. The standard InChI is InChI=1S/C23H30N2O5S/c1-16(2)13-25-20-12-18(8-11-21(20)30-15-23(3,4)22(25)26)24-31(27,28)14-17-6-9-19(29-5)10-7-17/h6-12,16,24H,13-15H2,1-5H3. The number of carbonyl (C=O) groups is 1. The highest BCUT2D eigenvalue weighted by molar-refractivity contribution is 7.91. The van der Waals surface area contributed by atoms with Gasteiger partial charge in [0.1, 0.15) is 18.1 Å². The second-order valence-electron chi connectivity index (χ2n) is 8.87. The van der Waals surface area contributed by atoms with Gasteiger partial charge in [-0.1, -0.05) is 26.0 Å². The number of nitrogens with one attached hydrogen (secondary N) is 1. The van der Waals surface area contributed by atoms with Gasteiger partial charge in [0.25, 0.3) is 0 Å². The van der Waals surface area contributed by atoms with E-state index in [1.807, 2.05) is 27.7 Å². The van der Waals surface area contributed by atoms with Gasteiger partial charge in [-0.3, -0.25) is 9.52 Å². The number of amides is 1. The highest BCUT2D eigenvalue weighted by atomic mass is 32.2. The molecule has 2 aromatic carbocycles. The molecule has 0 fully saturated rings. The molecule has 0 saturated heterocycles. The van der Waals surface area contributed by atoms with Gasteiger partial charge in [-0.05, 0) is 55.7 Å². The van der Waals surface area contributed by atoms with Gasteiger partial charge in [0, 0.05) is 6.54 Å². The Kier molecular flexibility index (Phi) is 6.50. The molecule has 0 aromatic heterocycles. The molecule has 0 atom stereocenters. The van der Waals surface area contributed by atoms with Crippen LogP contribution in [0, 0.1) is 11.3 Å². The van der Waals surface area contributed by atoms with Crippen LogP contribution in [-0.4, -0.2) is 34.6 Å². The van der Waals surface area contributed by atoms with E-state index in [0.29, 0.717) is 35.0 Å². The van der Waals surface area contributed by atoms with Crippen molar-refractivity contribution in [3.8, 4) is 11.5 Å². The molecular formula is C23H30N2O5S. The van der Waals surface area contributed by atoms with E-state index in [4.69, 9.17) is 9.47 Å². The fraction of sp³-hybridized carbons (Fsp3) is 0.435. The van der Waals surface area contributed by atoms with Gasteiger partial charge in [0.2, 0.25) is 15.9 Å². The third-order valence-electron chi connectivity index (χ3n) is 5.00. The van der Waals surface area contributed by atoms with Crippen LogP contribution in [0.25, 0.3) is 0 Å². The highest BCUT2D eigenvalue weighted by Crippen LogP contribution is 2.39. The van der Waals surface area contributed by atoms with Crippen molar-refractivity contribution in [3.63, 3.8) is 0 Å². The molecule has 1 amide bonds. The maximum atomic E-state index is 13.2. The number of nitrogens with zero attached hydrogens (tertiary/aromatic N) is 1. The monoisotopic (exact) mass is 446 g/mol. The molecule has 0 aliphatic carbocycles. The minimum absolute atomic E-state index is 0.0433. The number of benzene rings is 2. The van der Waals surface area contributed by atoms with Crippen molar-refractivity contribution in [3.05, 3.63) is 48.0 Å². The van der Waals surface area contributed by atoms with Gasteiger partial charge >= 0.3 is 0 Å². The zero-order chi connectivity index (χ0) is 22.8. The van der Waals surface area contributed by atoms with E-state index < -0.39 is 15.4 Å². The van der Waals surface area contributed by atoms with Crippen molar-refractivity contribution < 1.29 is 22.7 Å². The van der Waals surface area contributed by atoms with Crippen LogP contribution in [0.2, 0.25) is 0 Å². The average Bonchev–Trinajstić information content (AvgIpc) is 2.78. The first-order valence-electron chi connectivity index (χ1n) is 10.2. The van der Waals surface area contributed by atoms with E-state index in [2.05, 4.69) is 4.72 Å². The van der Waals surface area contributed by atoms with Gasteiger partial charge in [0.05, 0.1) is 29.7 Å². The first kappa shape index (κ1) is 22.9. The van der Waals surface area contributed by atoms with Crippen LogP contribution >= 0.6 is 0 Å². The van der Waals surface area contributed by atoms with Crippen molar-refractivity contribution in [1.29, 1.82) is 0 Å². The summed E-state index contributed by atoms with van der Waals surface area (Å²) in [4.78, 5) is 14.9. The Morgan fingerprint density at radius 3 is 2.45 bits per heavy atom. The third-order valence-corrected chi connectivity index (χ3v) is 6.26. The lowest BCUT2D eigenvalue weighted by atomic mass is 9.92. The number of rotatable bonds is 7. The number of ether oxygens (including phenoxy) is 2. The summed E-state index contributed by atoms with van der Waals surface area (Å²) in [6.07, 6.45) is 0. The molecule has 0 bridgehead atoms. The van der Waals surface area contributed by atoms with Gasteiger partial charge < -0.3 is 14.4 Å². The van der Waals surface area contributed by atoms with Crippen molar-refractivity contribution in [2.45, 2.75) is 33.4 Å². The lowest BCUT2D eigenvalue weighted by Gasteiger charge is -2.29. The van der Waals surface area contributed by atoms with Crippen molar-refractivity contribution in [1.82, 2.24) is 0 Å². The molecular weight excluding hydrogens is 416 g/mol. The van der Waals surface area contributed by atoms with E-state index in [9.17, 15) is 13.2 Å². The van der Waals surface area contributed by atoms with E-state index in [1.165, 1.54) is 0 Å². The number of hydrogen-bond acceptors (Lipinski definition) is 5. The van der Waals surface area contributed by atoms with Gasteiger partial charge in [-0.25, -0.2) is 8.42 Å². The van der Waals surface area contributed by atoms with E-state index in [-0.39, 0.29) is 24.2 Å². The van der Waals surface area contributed by atoms with E-state index in [0.717, 1.165) is 0 Å². The first-order chi connectivity index (χ1) is 14.5. The maximum absolute atomic E-state index is 13.2. The Hall–Kier alpha value is -2.74. The van der Waals surface area contributed by atoms with Crippen molar-refractivity contribution in [2.75, 3.05) is 29.9 Å². The summed E-state index contributed by atoms with van der Waals surface area (Å²) in [5.41, 5.74) is 0.929. The number of fused-ring (bicyclic) bond motifs is 1. The zero-order valence-corrected chi connectivity index (χ0v) is 19.5. The topological polar surface area (TPSA) is 84.9 Å². The molecule has 8 heteroatoms. The van der Waals surface area contributed by atoms with Crippen LogP contribution in [0.5, 0.6) is 11.5 Å². The molecule has 168 valence electrons. The highest BCUT2D eigenvalue weighted by Gasteiger charge is 2.38. The van der Waals surface area contributed by atoms with Crippen molar-refractivity contribution in [2.24, 2.45) is 11.3 Å². The predicted octanol–water partition coefficient (Wildman–Crippen LogP) is 4.04. The quantitative estimate of drug-likeness (QED) is 0.694. The third kappa shape index (κ3) is 5.50. The lowest BCUT2D eigenvalue weighted by Crippen LogP contribution is -2.43. The second-order valence-corrected chi connectivity index (χ2v) is 10.6. The summed E-state index contributed by atoms with van der Waals surface area (Å²) < 4.78 is 39.1. The maximum Gasteiger partial charge on any atom is 0.236 e. The number of carbonyl (C=O) groups excluding carboxylic acids is 1.